The van der Waals surface area contributed by atoms with Crippen LogP contribution in [0.15, 0.2) is 42.5 Å². The van der Waals surface area contributed by atoms with Crippen molar-refractivity contribution in [1.82, 2.24) is 0 Å². The van der Waals surface area contributed by atoms with Gasteiger partial charge in [-0.2, -0.15) is 0 Å². The molecule has 20 heavy (non-hydrogen) atoms. The van der Waals surface area contributed by atoms with Crippen LogP contribution < -0.4 is 19.9 Å². The van der Waals surface area contributed by atoms with Crippen molar-refractivity contribution in [2.75, 3.05) is 21.3 Å². The molecule has 2 aromatic carbocycles. The van der Waals surface area contributed by atoms with E-state index in [0.29, 0.717) is 11.5 Å². The molecule has 0 fully saturated rings. The van der Waals surface area contributed by atoms with E-state index >= 15 is 0 Å². The fourth-order valence-electron chi connectivity index (χ4n) is 2.16. The normalized spacial score (nSPS) is 11.8. The van der Waals surface area contributed by atoms with E-state index in [2.05, 4.69) is 0 Å². The molecule has 0 saturated heterocycles. The van der Waals surface area contributed by atoms with Gasteiger partial charge in [-0.1, -0.05) is 18.2 Å². The molecule has 0 aliphatic rings. The monoisotopic (exact) mass is 273 g/mol. The minimum atomic E-state index is -0.327. The van der Waals surface area contributed by atoms with Gasteiger partial charge in [0.2, 0.25) is 0 Å². The number of ether oxygens (including phenoxy) is 3. The summed E-state index contributed by atoms with van der Waals surface area (Å²) < 4.78 is 15.9. The van der Waals surface area contributed by atoms with Crippen LogP contribution in [0.3, 0.4) is 0 Å². The average Bonchev–Trinajstić information content (AvgIpc) is 2.53. The van der Waals surface area contributed by atoms with E-state index in [9.17, 15) is 0 Å². The van der Waals surface area contributed by atoms with Crippen molar-refractivity contribution in [3.05, 3.63) is 53.6 Å². The van der Waals surface area contributed by atoms with E-state index in [-0.39, 0.29) is 6.04 Å². The lowest BCUT2D eigenvalue weighted by molar-refractivity contribution is 0.382. The van der Waals surface area contributed by atoms with E-state index in [1.165, 1.54) is 0 Å². The first kappa shape index (κ1) is 14.2. The Balaban J connectivity index is 2.43. The van der Waals surface area contributed by atoms with Gasteiger partial charge in [-0.25, -0.2) is 0 Å². The Morgan fingerprint density at radius 1 is 0.800 bits per heavy atom. The fraction of sp³-hybridized carbons (Fsp3) is 0.250. The maximum absolute atomic E-state index is 6.36. The quantitative estimate of drug-likeness (QED) is 0.910. The van der Waals surface area contributed by atoms with E-state index in [4.69, 9.17) is 19.9 Å². The zero-order chi connectivity index (χ0) is 14.5. The third-order valence-electron chi connectivity index (χ3n) is 3.25. The molecule has 0 bridgehead atoms. The van der Waals surface area contributed by atoms with Gasteiger partial charge in [0.25, 0.3) is 0 Å². The highest BCUT2D eigenvalue weighted by Gasteiger charge is 2.19. The zero-order valence-electron chi connectivity index (χ0n) is 11.9. The molecular formula is C16H19NO3. The number of hydrogen-bond donors (Lipinski definition) is 1. The topological polar surface area (TPSA) is 53.7 Å². The van der Waals surface area contributed by atoms with Crippen LogP contribution in [0.4, 0.5) is 0 Å². The minimum absolute atomic E-state index is 0.327. The molecule has 0 spiro atoms. The number of rotatable bonds is 5. The van der Waals surface area contributed by atoms with Crippen molar-refractivity contribution in [2.24, 2.45) is 5.73 Å². The lowest BCUT2D eigenvalue weighted by Crippen LogP contribution is -2.14. The molecule has 4 nitrogen and oxygen atoms in total. The van der Waals surface area contributed by atoms with E-state index in [1.54, 1.807) is 21.3 Å². The van der Waals surface area contributed by atoms with Crippen molar-refractivity contribution >= 4 is 0 Å². The molecule has 2 rings (SSSR count). The number of methoxy groups -OCH3 is 3. The summed E-state index contributed by atoms with van der Waals surface area (Å²) in [5.41, 5.74) is 8.16. The summed E-state index contributed by atoms with van der Waals surface area (Å²) in [7, 11) is 4.89. The highest BCUT2D eigenvalue weighted by atomic mass is 16.5. The fourth-order valence-corrected chi connectivity index (χ4v) is 2.16. The van der Waals surface area contributed by atoms with Crippen LogP contribution in [0.25, 0.3) is 0 Å². The van der Waals surface area contributed by atoms with Crippen molar-refractivity contribution in [1.29, 1.82) is 0 Å². The second-order valence-electron chi connectivity index (χ2n) is 4.33. The second kappa shape index (κ2) is 6.30. The smallest absolute Gasteiger partial charge is 0.127 e. The van der Waals surface area contributed by atoms with E-state index < -0.39 is 0 Å². The molecule has 0 heterocycles. The Labute approximate surface area is 119 Å². The molecule has 0 aliphatic heterocycles. The van der Waals surface area contributed by atoms with Crippen LogP contribution in [-0.2, 0) is 0 Å². The lowest BCUT2D eigenvalue weighted by Gasteiger charge is -2.19. The maximum Gasteiger partial charge on any atom is 0.127 e. The highest BCUT2D eigenvalue weighted by Crippen LogP contribution is 2.36. The van der Waals surface area contributed by atoms with Crippen molar-refractivity contribution < 1.29 is 14.2 Å². The average molecular weight is 273 g/mol. The Morgan fingerprint density at radius 3 is 1.80 bits per heavy atom. The van der Waals surface area contributed by atoms with Gasteiger partial charge in [0, 0.05) is 0 Å². The molecule has 1 atom stereocenters. The summed E-state index contributed by atoms with van der Waals surface area (Å²) in [6, 6.07) is 13.0. The summed E-state index contributed by atoms with van der Waals surface area (Å²) in [5.74, 6) is 2.23. The van der Waals surface area contributed by atoms with Crippen LogP contribution in [0, 0.1) is 0 Å². The summed E-state index contributed by atoms with van der Waals surface area (Å²) in [4.78, 5) is 0. The van der Waals surface area contributed by atoms with Crippen LogP contribution in [0.1, 0.15) is 17.2 Å². The van der Waals surface area contributed by atoms with Gasteiger partial charge in [-0.15, -0.1) is 0 Å². The van der Waals surface area contributed by atoms with Gasteiger partial charge in [-0.05, 0) is 29.8 Å². The molecule has 0 amide bonds. The predicted molar refractivity (Wildman–Crippen MR) is 78.6 cm³/mol. The Kier molecular flexibility index (Phi) is 4.48. The first-order valence-electron chi connectivity index (χ1n) is 6.31. The van der Waals surface area contributed by atoms with Crippen molar-refractivity contribution in [3.63, 3.8) is 0 Å². The minimum Gasteiger partial charge on any atom is -0.497 e. The van der Waals surface area contributed by atoms with Crippen LogP contribution in [-0.4, -0.2) is 21.3 Å². The first-order valence-corrected chi connectivity index (χ1v) is 6.31. The zero-order valence-corrected chi connectivity index (χ0v) is 11.9. The second-order valence-corrected chi connectivity index (χ2v) is 4.33. The molecule has 106 valence electrons. The van der Waals surface area contributed by atoms with Gasteiger partial charge in [-0.3, -0.25) is 0 Å². The Bertz CT molecular complexity index is 544. The first-order chi connectivity index (χ1) is 9.71. The summed E-state index contributed by atoms with van der Waals surface area (Å²) in [6.07, 6.45) is 0. The highest BCUT2D eigenvalue weighted by molar-refractivity contribution is 5.50. The molecule has 0 radical (unpaired) electrons. The number of nitrogens with two attached hydrogens (primary N) is 1. The molecule has 2 N–H and O–H groups in total. The number of benzene rings is 2. The van der Waals surface area contributed by atoms with Gasteiger partial charge in [0.1, 0.15) is 17.2 Å². The predicted octanol–water partition coefficient (Wildman–Crippen LogP) is 2.76. The Morgan fingerprint density at radius 2 is 1.35 bits per heavy atom. The summed E-state index contributed by atoms with van der Waals surface area (Å²) >= 11 is 0. The van der Waals surface area contributed by atoms with Crippen LogP contribution >= 0.6 is 0 Å². The maximum atomic E-state index is 6.36. The lowest BCUT2D eigenvalue weighted by atomic mass is 9.97. The van der Waals surface area contributed by atoms with E-state index in [0.717, 1.165) is 16.9 Å². The Hall–Kier alpha value is -2.20. The standard InChI is InChI=1S/C16H19NO3/c1-18-12-9-7-11(8-10-12)16(17)15-13(19-2)5-4-6-14(15)20-3/h4-10,16H,17H2,1-3H3. The SMILES string of the molecule is COc1ccc(C(N)c2c(OC)cccc2OC)cc1. The molecule has 0 aromatic heterocycles. The van der Waals surface area contributed by atoms with Crippen LogP contribution in [0.2, 0.25) is 0 Å². The summed E-state index contributed by atoms with van der Waals surface area (Å²) in [5, 5.41) is 0. The molecule has 1 unspecified atom stereocenters. The van der Waals surface area contributed by atoms with Crippen molar-refractivity contribution in [3.8, 4) is 17.2 Å². The molecule has 0 saturated carbocycles. The summed E-state index contributed by atoms with van der Waals surface area (Å²) in [6.45, 7) is 0. The largest absolute Gasteiger partial charge is 0.497 e. The van der Waals surface area contributed by atoms with Crippen LogP contribution in [0.5, 0.6) is 17.2 Å². The van der Waals surface area contributed by atoms with Crippen molar-refractivity contribution in [2.45, 2.75) is 6.04 Å². The van der Waals surface area contributed by atoms with Gasteiger partial charge >= 0.3 is 0 Å². The van der Waals surface area contributed by atoms with Gasteiger partial charge in [0.15, 0.2) is 0 Å². The third-order valence-corrected chi connectivity index (χ3v) is 3.25. The molecule has 4 heteroatoms. The van der Waals surface area contributed by atoms with Gasteiger partial charge < -0.3 is 19.9 Å². The third kappa shape index (κ3) is 2.70. The number of hydrogen-bond acceptors (Lipinski definition) is 4. The van der Waals surface area contributed by atoms with Gasteiger partial charge in [0.05, 0.1) is 32.9 Å². The molecular weight excluding hydrogens is 254 g/mol. The molecule has 2 aromatic rings. The molecule has 0 aliphatic carbocycles. The van der Waals surface area contributed by atoms with E-state index in [1.807, 2.05) is 42.5 Å².